The third kappa shape index (κ3) is 3.56. The van der Waals surface area contributed by atoms with Crippen molar-refractivity contribution in [1.82, 2.24) is 35.3 Å². The zero-order chi connectivity index (χ0) is 16.6. The highest BCUT2D eigenvalue weighted by atomic mass is 16.5. The quantitative estimate of drug-likeness (QED) is 0.829. The average molecular weight is 321 g/mol. The lowest BCUT2D eigenvalue weighted by atomic mass is 10.1. The van der Waals surface area contributed by atoms with Gasteiger partial charge in [0, 0.05) is 20.0 Å². The molecule has 126 valence electrons. The van der Waals surface area contributed by atoms with Crippen molar-refractivity contribution in [3.8, 4) is 0 Å². The molecule has 0 amide bonds. The van der Waals surface area contributed by atoms with Crippen LogP contribution in [0.15, 0.2) is 4.42 Å². The summed E-state index contributed by atoms with van der Waals surface area (Å²) in [5.74, 6) is 1.91. The number of hydrogen-bond donors (Lipinski definition) is 0. The Labute approximate surface area is 135 Å². The van der Waals surface area contributed by atoms with Crippen LogP contribution in [0.5, 0.6) is 0 Å². The Kier molecular flexibility index (Phi) is 4.15. The van der Waals surface area contributed by atoms with Crippen molar-refractivity contribution in [3.63, 3.8) is 0 Å². The van der Waals surface area contributed by atoms with Crippen LogP contribution < -0.4 is 0 Å². The van der Waals surface area contributed by atoms with Crippen LogP contribution in [-0.2, 0) is 16.8 Å². The van der Waals surface area contributed by atoms with Crippen molar-refractivity contribution >= 4 is 0 Å². The first kappa shape index (κ1) is 16.0. The minimum absolute atomic E-state index is 0.0694. The van der Waals surface area contributed by atoms with E-state index in [0.29, 0.717) is 24.9 Å². The lowest BCUT2D eigenvalue weighted by Gasteiger charge is -2.35. The van der Waals surface area contributed by atoms with Gasteiger partial charge in [-0.05, 0) is 38.1 Å². The summed E-state index contributed by atoms with van der Waals surface area (Å²) in [4.78, 5) is 2.26. The van der Waals surface area contributed by atoms with E-state index in [2.05, 4.69) is 51.4 Å². The average Bonchev–Trinajstić information content (AvgIpc) is 3.06. The second-order valence-electron chi connectivity index (χ2n) is 6.97. The Bertz CT molecular complexity index is 660. The number of rotatable bonds is 3. The van der Waals surface area contributed by atoms with Crippen molar-refractivity contribution in [1.29, 1.82) is 0 Å². The SMILES string of the molecule is Cc1nnc([C@H]2CN(Cc3nnnn3C(C)(C)C)C[C@@H](C)O2)o1. The van der Waals surface area contributed by atoms with Gasteiger partial charge in [-0.15, -0.1) is 15.3 Å². The molecule has 0 radical (unpaired) electrons. The molecule has 1 fully saturated rings. The summed E-state index contributed by atoms with van der Waals surface area (Å²) in [7, 11) is 0. The highest BCUT2D eigenvalue weighted by Gasteiger charge is 2.31. The number of aryl methyl sites for hydroxylation is 1. The summed E-state index contributed by atoms with van der Waals surface area (Å²) in [5.41, 5.74) is -0.153. The molecule has 1 aliphatic rings. The van der Waals surface area contributed by atoms with Crippen LogP contribution in [-0.4, -0.2) is 54.5 Å². The van der Waals surface area contributed by atoms with Gasteiger partial charge in [-0.2, -0.15) is 0 Å². The lowest BCUT2D eigenvalue weighted by molar-refractivity contribution is -0.0927. The van der Waals surface area contributed by atoms with Gasteiger partial charge in [-0.1, -0.05) is 0 Å². The van der Waals surface area contributed by atoms with Gasteiger partial charge < -0.3 is 9.15 Å². The normalized spacial score (nSPS) is 23.3. The van der Waals surface area contributed by atoms with Crippen LogP contribution in [0.25, 0.3) is 0 Å². The first-order chi connectivity index (χ1) is 10.8. The maximum atomic E-state index is 5.94. The summed E-state index contributed by atoms with van der Waals surface area (Å²) in [6.45, 7) is 12.2. The third-order valence-corrected chi connectivity index (χ3v) is 3.69. The van der Waals surface area contributed by atoms with Crippen molar-refractivity contribution in [2.45, 2.75) is 58.9 Å². The zero-order valence-corrected chi connectivity index (χ0v) is 14.2. The van der Waals surface area contributed by atoms with Gasteiger partial charge in [-0.3, -0.25) is 4.90 Å². The maximum absolute atomic E-state index is 5.94. The third-order valence-electron chi connectivity index (χ3n) is 3.69. The molecule has 3 rings (SSSR count). The van der Waals surface area contributed by atoms with Crippen LogP contribution in [0.4, 0.5) is 0 Å². The molecular formula is C14H23N7O2. The first-order valence-corrected chi connectivity index (χ1v) is 7.78. The van der Waals surface area contributed by atoms with Crippen LogP contribution in [0.2, 0.25) is 0 Å². The second-order valence-corrected chi connectivity index (χ2v) is 6.97. The van der Waals surface area contributed by atoms with Gasteiger partial charge in [0.2, 0.25) is 11.8 Å². The standard InChI is InChI=1S/C14H23N7O2/c1-9-6-20(7-11(22-9)13-17-15-10(2)23-13)8-12-16-18-19-21(12)14(3,4)5/h9,11H,6-8H2,1-5H3/t9-,11-/m1/s1. The fourth-order valence-electron chi connectivity index (χ4n) is 2.77. The summed E-state index contributed by atoms with van der Waals surface area (Å²) >= 11 is 0. The molecule has 2 aromatic rings. The number of tetrazole rings is 1. The van der Waals surface area contributed by atoms with Crippen molar-refractivity contribution < 1.29 is 9.15 Å². The van der Waals surface area contributed by atoms with Gasteiger partial charge in [0.25, 0.3) is 0 Å². The van der Waals surface area contributed by atoms with E-state index in [9.17, 15) is 0 Å². The van der Waals surface area contributed by atoms with E-state index in [-0.39, 0.29) is 17.7 Å². The molecule has 2 atom stereocenters. The van der Waals surface area contributed by atoms with Gasteiger partial charge in [0.05, 0.1) is 18.2 Å². The van der Waals surface area contributed by atoms with Crippen molar-refractivity contribution in [2.75, 3.05) is 13.1 Å². The number of nitrogens with zero attached hydrogens (tertiary/aromatic N) is 7. The molecule has 1 aliphatic heterocycles. The lowest BCUT2D eigenvalue weighted by Crippen LogP contribution is -2.43. The predicted octanol–water partition coefficient (Wildman–Crippen LogP) is 1.08. The summed E-state index contributed by atoms with van der Waals surface area (Å²) < 4.78 is 13.3. The molecule has 0 aliphatic carbocycles. The Hall–Kier alpha value is -1.87. The first-order valence-electron chi connectivity index (χ1n) is 7.78. The molecule has 9 heteroatoms. The predicted molar refractivity (Wildman–Crippen MR) is 80.4 cm³/mol. The Morgan fingerprint density at radius 1 is 1.17 bits per heavy atom. The van der Waals surface area contributed by atoms with Crippen LogP contribution in [0.3, 0.4) is 0 Å². The summed E-state index contributed by atoms with van der Waals surface area (Å²) in [5, 5.41) is 20.1. The van der Waals surface area contributed by atoms with Crippen LogP contribution >= 0.6 is 0 Å². The molecule has 9 nitrogen and oxygen atoms in total. The Morgan fingerprint density at radius 3 is 2.61 bits per heavy atom. The summed E-state index contributed by atoms with van der Waals surface area (Å²) in [6.07, 6.45) is -0.154. The van der Waals surface area contributed by atoms with E-state index < -0.39 is 0 Å². The topological polar surface area (TPSA) is 95.0 Å². The van der Waals surface area contributed by atoms with Crippen molar-refractivity contribution in [3.05, 3.63) is 17.6 Å². The van der Waals surface area contributed by atoms with Gasteiger partial charge in [-0.25, -0.2) is 4.68 Å². The Balaban J connectivity index is 1.74. The second kappa shape index (κ2) is 5.97. The molecule has 1 saturated heterocycles. The number of ether oxygens (including phenoxy) is 1. The zero-order valence-electron chi connectivity index (χ0n) is 14.2. The molecule has 0 bridgehead atoms. The molecule has 0 saturated carbocycles. The van der Waals surface area contributed by atoms with E-state index >= 15 is 0 Å². The minimum Gasteiger partial charge on any atom is -0.423 e. The fraction of sp³-hybridized carbons (Fsp3) is 0.786. The minimum atomic E-state index is -0.223. The molecule has 0 aromatic carbocycles. The molecule has 0 unspecified atom stereocenters. The number of hydrogen-bond acceptors (Lipinski definition) is 8. The molecule has 2 aromatic heterocycles. The van der Waals surface area contributed by atoms with E-state index in [0.717, 1.165) is 12.4 Å². The van der Waals surface area contributed by atoms with E-state index in [1.807, 2.05) is 11.6 Å². The van der Waals surface area contributed by atoms with Gasteiger partial charge in [0.15, 0.2) is 5.82 Å². The highest BCUT2D eigenvalue weighted by molar-refractivity contribution is 4.93. The van der Waals surface area contributed by atoms with E-state index in [1.165, 1.54) is 0 Å². The molecule has 23 heavy (non-hydrogen) atoms. The van der Waals surface area contributed by atoms with Crippen LogP contribution in [0, 0.1) is 6.92 Å². The molecule has 3 heterocycles. The maximum Gasteiger partial charge on any atom is 0.246 e. The molecule has 0 spiro atoms. The smallest absolute Gasteiger partial charge is 0.246 e. The van der Waals surface area contributed by atoms with Gasteiger partial charge in [0.1, 0.15) is 6.10 Å². The van der Waals surface area contributed by atoms with E-state index in [1.54, 1.807) is 6.92 Å². The molecular weight excluding hydrogens is 298 g/mol. The largest absolute Gasteiger partial charge is 0.423 e. The van der Waals surface area contributed by atoms with E-state index in [4.69, 9.17) is 9.15 Å². The fourth-order valence-corrected chi connectivity index (χ4v) is 2.77. The highest BCUT2D eigenvalue weighted by Crippen LogP contribution is 2.25. The van der Waals surface area contributed by atoms with Crippen LogP contribution in [0.1, 0.15) is 51.4 Å². The number of morpholine rings is 1. The Morgan fingerprint density at radius 2 is 1.96 bits per heavy atom. The number of aromatic nitrogens is 6. The summed E-state index contributed by atoms with van der Waals surface area (Å²) in [6, 6.07) is 0. The monoisotopic (exact) mass is 321 g/mol. The van der Waals surface area contributed by atoms with Crippen molar-refractivity contribution in [2.24, 2.45) is 0 Å². The van der Waals surface area contributed by atoms with Gasteiger partial charge >= 0.3 is 0 Å². The molecule has 0 N–H and O–H groups in total.